The van der Waals surface area contributed by atoms with Crippen molar-refractivity contribution in [1.29, 1.82) is 0 Å². The number of aryl methyl sites for hydroxylation is 1. The van der Waals surface area contributed by atoms with Crippen LogP contribution in [-0.2, 0) is 32.3 Å². The van der Waals surface area contributed by atoms with E-state index in [4.69, 9.17) is 33.3 Å². The van der Waals surface area contributed by atoms with E-state index in [0.717, 1.165) is 23.8 Å². The number of phosphoric ester groups is 1. The lowest BCUT2D eigenvalue weighted by Crippen LogP contribution is -2.58. The molecule has 2 aromatic rings. The molecule has 22 heteroatoms. The largest absolute Gasteiger partial charge is 0.474 e. The molecular formula is C33H47N6O15P. The number of ether oxygens (including phenoxy) is 3. The minimum atomic E-state index is -4.51. The molecule has 0 bridgehead atoms. The highest BCUT2D eigenvalue weighted by molar-refractivity contribution is 7.48. The van der Waals surface area contributed by atoms with Crippen molar-refractivity contribution in [2.24, 2.45) is 5.11 Å². The van der Waals surface area contributed by atoms with Crippen molar-refractivity contribution in [2.75, 3.05) is 33.0 Å². The summed E-state index contributed by atoms with van der Waals surface area (Å²) < 4.78 is 48.0. The number of aromatic nitrogens is 3. The third-order valence-electron chi connectivity index (χ3n) is 8.90. The maximum atomic E-state index is 13.8. The summed E-state index contributed by atoms with van der Waals surface area (Å²) in [6.07, 6.45) is -5.14. The number of rotatable bonds is 22. The summed E-state index contributed by atoms with van der Waals surface area (Å²) in [7, 11) is -4.51. The number of pyridine rings is 1. The average molecular weight is 799 g/mol. The van der Waals surface area contributed by atoms with Crippen molar-refractivity contribution < 1.29 is 62.4 Å². The van der Waals surface area contributed by atoms with E-state index >= 15 is 0 Å². The van der Waals surface area contributed by atoms with E-state index in [0.29, 0.717) is 25.9 Å². The molecule has 55 heavy (non-hydrogen) atoms. The number of azide groups is 1. The Bertz CT molecular complexity index is 1820. The lowest BCUT2D eigenvalue weighted by molar-refractivity contribution is -0.285. The summed E-state index contributed by atoms with van der Waals surface area (Å²) in [4.78, 5) is 57.1. The van der Waals surface area contributed by atoms with Crippen LogP contribution < -0.4 is 11.2 Å². The van der Waals surface area contributed by atoms with Crippen molar-refractivity contribution in [2.45, 2.75) is 108 Å². The number of aromatic amines is 1. The predicted molar refractivity (Wildman–Crippen MR) is 189 cm³/mol. The maximum absolute atomic E-state index is 13.8. The van der Waals surface area contributed by atoms with Gasteiger partial charge in [0.15, 0.2) is 12.1 Å². The van der Waals surface area contributed by atoms with Gasteiger partial charge in [0, 0.05) is 36.6 Å². The van der Waals surface area contributed by atoms with Crippen LogP contribution in [0.3, 0.4) is 0 Å². The van der Waals surface area contributed by atoms with Crippen molar-refractivity contribution in [1.82, 2.24) is 14.5 Å². The Hall–Kier alpha value is -3.69. The Morgan fingerprint density at radius 2 is 1.62 bits per heavy atom. The summed E-state index contributed by atoms with van der Waals surface area (Å²) in [5.41, 5.74) is 8.41. The van der Waals surface area contributed by atoms with E-state index in [1.165, 1.54) is 32.2 Å². The SMILES string of the molecule is CC(=O)c1cccc(C(=O)COCCCCCCCCOP(=O)(OC[C@H]2OC(O)[C@H](O)[C@@H](O)[C@@H]2O)OC[C@H]2O[C@@H](n3cc(C)c(=O)[nH]c3=O)C[C@@H]2N=[N+]=[N-])n1. The zero-order chi connectivity index (χ0) is 40.1. The van der Waals surface area contributed by atoms with Gasteiger partial charge in [-0.05, 0) is 37.4 Å². The number of Topliss-reactive ketones (excluding diaryl/α,β-unsaturated/α-hetero) is 2. The molecule has 2 aliphatic rings. The minimum absolute atomic E-state index is 0.00804. The number of aliphatic hydroxyl groups is 4. The molecule has 2 aromatic heterocycles. The Balaban J connectivity index is 1.25. The fraction of sp³-hybridized carbons (Fsp3) is 0.667. The maximum Gasteiger partial charge on any atom is 0.474 e. The first-order chi connectivity index (χ1) is 26.2. The number of ketones is 2. The fourth-order valence-corrected chi connectivity index (χ4v) is 6.98. The molecule has 304 valence electrons. The van der Waals surface area contributed by atoms with Crippen LogP contribution in [0.5, 0.6) is 0 Å². The van der Waals surface area contributed by atoms with Crippen LogP contribution in [0, 0.1) is 6.92 Å². The lowest BCUT2D eigenvalue weighted by atomic mass is 10.00. The number of H-pyrrole nitrogens is 1. The normalized spacial score (nSPS) is 26.3. The second-order valence-corrected chi connectivity index (χ2v) is 14.8. The topological polar surface area (TPSA) is 304 Å². The number of hydrogen-bond acceptors (Lipinski definition) is 17. The molecular weight excluding hydrogens is 751 g/mol. The average Bonchev–Trinajstić information content (AvgIpc) is 3.56. The second-order valence-electron chi connectivity index (χ2n) is 13.1. The number of hydrogen-bond donors (Lipinski definition) is 5. The number of carbonyl (C=O) groups excluding carboxylic acids is 2. The quantitative estimate of drug-likeness (QED) is 0.0282. The van der Waals surface area contributed by atoms with Gasteiger partial charge in [-0.1, -0.05) is 36.9 Å². The summed E-state index contributed by atoms with van der Waals surface area (Å²) in [5, 5.41) is 43.8. The highest BCUT2D eigenvalue weighted by Crippen LogP contribution is 2.51. The van der Waals surface area contributed by atoms with E-state index in [-0.39, 0.29) is 48.2 Å². The van der Waals surface area contributed by atoms with Crippen LogP contribution >= 0.6 is 7.82 Å². The molecule has 0 radical (unpaired) electrons. The van der Waals surface area contributed by atoms with Crippen LogP contribution in [-0.4, -0.2) is 122 Å². The lowest BCUT2D eigenvalue weighted by Gasteiger charge is -2.38. The van der Waals surface area contributed by atoms with Gasteiger partial charge in [-0.3, -0.25) is 37.5 Å². The molecule has 0 spiro atoms. The zero-order valence-electron chi connectivity index (χ0n) is 30.4. The van der Waals surface area contributed by atoms with Crippen molar-refractivity contribution >= 4 is 19.4 Å². The molecule has 0 amide bonds. The monoisotopic (exact) mass is 798 g/mol. The van der Waals surface area contributed by atoms with Gasteiger partial charge in [0.05, 0.1) is 32.0 Å². The van der Waals surface area contributed by atoms with Crippen LogP contribution in [0.15, 0.2) is 39.1 Å². The fourth-order valence-electron chi connectivity index (χ4n) is 5.75. The van der Waals surface area contributed by atoms with E-state index in [2.05, 4.69) is 20.0 Å². The Kier molecular flexibility index (Phi) is 16.8. The number of carbonyl (C=O) groups is 2. The molecule has 0 saturated carbocycles. The molecule has 9 atom stereocenters. The third-order valence-corrected chi connectivity index (χ3v) is 10.3. The molecule has 0 aliphatic carbocycles. The molecule has 4 rings (SSSR count). The van der Waals surface area contributed by atoms with Crippen molar-refractivity contribution in [3.63, 3.8) is 0 Å². The molecule has 2 fully saturated rings. The van der Waals surface area contributed by atoms with Gasteiger partial charge in [-0.15, -0.1) is 0 Å². The van der Waals surface area contributed by atoms with Gasteiger partial charge >= 0.3 is 13.5 Å². The third kappa shape index (κ3) is 12.7. The Morgan fingerprint density at radius 3 is 2.31 bits per heavy atom. The molecule has 5 N–H and O–H groups in total. The minimum Gasteiger partial charge on any atom is -0.387 e. The molecule has 4 heterocycles. The van der Waals surface area contributed by atoms with Gasteiger partial charge in [0.2, 0.25) is 5.78 Å². The smallest absolute Gasteiger partial charge is 0.387 e. The van der Waals surface area contributed by atoms with Crippen LogP contribution in [0.1, 0.15) is 84.6 Å². The van der Waals surface area contributed by atoms with Crippen molar-refractivity contribution in [3.8, 4) is 0 Å². The molecule has 2 unspecified atom stereocenters. The molecule has 0 aromatic carbocycles. The molecule has 2 saturated heterocycles. The highest BCUT2D eigenvalue weighted by Gasteiger charge is 2.45. The van der Waals surface area contributed by atoms with Crippen LogP contribution in [0.2, 0.25) is 0 Å². The summed E-state index contributed by atoms with van der Waals surface area (Å²) in [5.74, 6) is -0.558. The standard InChI is InChI=1S/C33H47N6O15P/c1-19-15-39(33(47)36-31(19)45)27-14-23(37-38-34)25(53-27)17-51-55(48,52-18-26-28(42)29(43)30(44)32(46)54-26)50-13-8-6-4-3-5-7-12-49-16-24(41)22-11-9-10-21(35-22)20(2)40/h9-11,15,23,25-30,32,42-44,46H,3-8,12-14,16-18H2,1-2H3,(H,36,45,47)/t23-,25+,26+,27+,28+,29-,30+,32?,55?/m0/s1. The van der Waals surface area contributed by atoms with Gasteiger partial charge in [0.25, 0.3) is 5.56 Å². The molecule has 2 aliphatic heterocycles. The van der Waals surface area contributed by atoms with Gasteiger partial charge in [0.1, 0.15) is 48.6 Å². The first-order valence-electron chi connectivity index (χ1n) is 17.7. The zero-order valence-corrected chi connectivity index (χ0v) is 31.3. The van der Waals surface area contributed by atoms with Crippen molar-refractivity contribution in [3.05, 3.63) is 72.6 Å². The van der Waals surface area contributed by atoms with Gasteiger partial charge in [-0.25, -0.2) is 14.3 Å². The summed E-state index contributed by atoms with van der Waals surface area (Å²) >= 11 is 0. The molecule has 21 nitrogen and oxygen atoms in total. The number of nitrogens with one attached hydrogen (secondary N) is 1. The van der Waals surface area contributed by atoms with Gasteiger partial charge < -0.3 is 34.6 Å². The summed E-state index contributed by atoms with van der Waals surface area (Å²) in [6.45, 7) is 1.76. The first-order valence-corrected chi connectivity index (χ1v) is 19.2. The first kappa shape index (κ1) is 44.0. The van der Waals surface area contributed by atoms with E-state index in [9.17, 15) is 44.2 Å². The van der Waals surface area contributed by atoms with Gasteiger partial charge in [-0.2, -0.15) is 0 Å². The highest BCUT2D eigenvalue weighted by atomic mass is 31.2. The Labute approximate surface area is 314 Å². The number of unbranched alkanes of at least 4 members (excludes halogenated alkanes) is 5. The number of aliphatic hydroxyl groups excluding tert-OH is 4. The number of phosphoric acid groups is 1. The second kappa shape index (κ2) is 21.0. The van der Waals surface area contributed by atoms with E-state index in [1.807, 2.05) is 0 Å². The summed E-state index contributed by atoms with van der Waals surface area (Å²) in [6, 6.07) is 3.76. The Morgan fingerprint density at radius 1 is 0.964 bits per heavy atom. The predicted octanol–water partition coefficient (Wildman–Crippen LogP) is 1.61. The number of nitrogens with zero attached hydrogens (tertiary/aromatic N) is 5. The van der Waals surface area contributed by atoms with Crippen LogP contribution in [0.25, 0.3) is 10.4 Å². The van der Waals surface area contributed by atoms with E-state index < -0.39 is 81.4 Å². The van der Waals surface area contributed by atoms with Crippen LogP contribution in [0.4, 0.5) is 0 Å². The van der Waals surface area contributed by atoms with E-state index in [1.54, 1.807) is 6.07 Å².